The maximum absolute atomic E-state index is 13.1. The van der Waals surface area contributed by atoms with Gasteiger partial charge < -0.3 is 10.1 Å². The van der Waals surface area contributed by atoms with Crippen LogP contribution in [0.15, 0.2) is 42.5 Å². The molecular formula is C18H17ClF3NO2. The molecule has 0 fully saturated rings. The van der Waals surface area contributed by atoms with Crippen LogP contribution in [0.2, 0.25) is 5.02 Å². The Bertz CT molecular complexity index is 745. The number of nitrogens with one attached hydrogen (secondary N) is 1. The third kappa shape index (κ3) is 5.13. The molecule has 7 heteroatoms. The van der Waals surface area contributed by atoms with Gasteiger partial charge in [-0.1, -0.05) is 36.2 Å². The molecule has 3 nitrogen and oxygen atoms in total. The first-order chi connectivity index (χ1) is 11.7. The number of carbonyl (C=O) groups is 1. The number of hydrogen-bond donors (Lipinski definition) is 1. The molecule has 0 unspecified atom stereocenters. The van der Waals surface area contributed by atoms with Crippen molar-refractivity contribution in [3.8, 4) is 5.75 Å². The molecule has 0 aliphatic heterocycles. The lowest BCUT2D eigenvalue weighted by Crippen LogP contribution is -2.33. The van der Waals surface area contributed by atoms with Gasteiger partial charge in [0.1, 0.15) is 5.75 Å². The molecule has 0 radical (unpaired) electrons. The predicted octanol–water partition coefficient (Wildman–Crippen LogP) is 5.46. The summed E-state index contributed by atoms with van der Waals surface area (Å²) >= 11 is 5.63. The Morgan fingerprint density at radius 2 is 1.84 bits per heavy atom. The van der Waals surface area contributed by atoms with E-state index in [0.29, 0.717) is 12.2 Å². The molecule has 0 saturated carbocycles. The molecule has 0 aromatic heterocycles. The van der Waals surface area contributed by atoms with Gasteiger partial charge in [0.15, 0.2) is 6.10 Å². The molecule has 0 aliphatic carbocycles. The highest BCUT2D eigenvalue weighted by Gasteiger charge is 2.34. The Hall–Kier alpha value is -2.21. The van der Waals surface area contributed by atoms with Crippen molar-refractivity contribution in [3.05, 3.63) is 58.6 Å². The maximum atomic E-state index is 13.1. The quantitative estimate of drug-likeness (QED) is 0.757. The number of aryl methyl sites for hydroxylation is 1. The monoisotopic (exact) mass is 371 g/mol. The maximum Gasteiger partial charge on any atom is 0.418 e. The Morgan fingerprint density at radius 1 is 1.20 bits per heavy atom. The minimum atomic E-state index is -4.63. The van der Waals surface area contributed by atoms with E-state index in [1.807, 2.05) is 19.1 Å². The Balaban J connectivity index is 2.18. The second kappa shape index (κ2) is 7.78. The molecule has 134 valence electrons. The number of anilines is 1. The number of hydrogen-bond acceptors (Lipinski definition) is 2. The Labute approximate surface area is 148 Å². The van der Waals surface area contributed by atoms with Crippen LogP contribution < -0.4 is 10.1 Å². The van der Waals surface area contributed by atoms with E-state index in [4.69, 9.17) is 16.3 Å². The summed E-state index contributed by atoms with van der Waals surface area (Å²) < 4.78 is 44.9. The van der Waals surface area contributed by atoms with Gasteiger partial charge >= 0.3 is 6.18 Å². The lowest BCUT2D eigenvalue weighted by atomic mass is 10.1. The summed E-state index contributed by atoms with van der Waals surface area (Å²) in [5, 5.41) is 2.22. The summed E-state index contributed by atoms with van der Waals surface area (Å²) in [5.41, 5.74) is -0.327. The van der Waals surface area contributed by atoms with E-state index in [0.717, 1.165) is 17.7 Å². The molecule has 0 bridgehead atoms. The van der Waals surface area contributed by atoms with Crippen LogP contribution >= 0.6 is 11.6 Å². The minimum absolute atomic E-state index is 0.0618. The highest BCUT2D eigenvalue weighted by Crippen LogP contribution is 2.36. The van der Waals surface area contributed by atoms with Crippen molar-refractivity contribution in [3.63, 3.8) is 0 Å². The van der Waals surface area contributed by atoms with Crippen LogP contribution in [0.4, 0.5) is 18.9 Å². The van der Waals surface area contributed by atoms with Gasteiger partial charge in [-0.05, 0) is 43.7 Å². The molecule has 2 aromatic rings. The summed E-state index contributed by atoms with van der Waals surface area (Å²) in [6.45, 7) is 3.62. The van der Waals surface area contributed by atoms with E-state index in [1.54, 1.807) is 19.1 Å². The molecule has 1 atom stereocenters. The lowest BCUT2D eigenvalue weighted by Gasteiger charge is -2.19. The van der Waals surface area contributed by atoms with Crippen LogP contribution in [-0.4, -0.2) is 12.0 Å². The van der Waals surface area contributed by atoms with E-state index >= 15 is 0 Å². The SMILES string of the molecule is CC[C@H](Oc1ccc(C)cc1)C(=O)Nc1ccc(Cl)cc1C(F)(F)F. The van der Waals surface area contributed by atoms with Gasteiger partial charge in [0.05, 0.1) is 11.3 Å². The third-order valence-corrected chi connectivity index (χ3v) is 3.74. The average molecular weight is 372 g/mol. The summed E-state index contributed by atoms with van der Waals surface area (Å²) in [6.07, 6.45) is -5.25. The number of rotatable bonds is 5. The molecule has 0 saturated heterocycles. The van der Waals surface area contributed by atoms with Gasteiger partial charge in [0, 0.05) is 5.02 Å². The predicted molar refractivity (Wildman–Crippen MR) is 91.0 cm³/mol. The number of ether oxygens (including phenoxy) is 1. The van der Waals surface area contributed by atoms with Gasteiger partial charge in [-0.15, -0.1) is 0 Å². The fourth-order valence-electron chi connectivity index (χ4n) is 2.18. The molecule has 25 heavy (non-hydrogen) atoms. The second-order valence-corrected chi connectivity index (χ2v) is 5.94. The Kier molecular flexibility index (Phi) is 5.95. The molecular weight excluding hydrogens is 355 g/mol. The molecule has 2 rings (SSSR count). The minimum Gasteiger partial charge on any atom is -0.481 e. The Morgan fingerprint density at radius 3 is 2.40 bits per heavy atom. The van der Waals surface area contributed by atoms with Crippen molar-refractivity contribution >= 4 is 23.2 Å². The van der Waals surface area contributed by atoms with Crippen molar-refractivity contribution < 1.29 is 22.7 Å². The third-order valence-electron chi connectivity index (χ3n) is 3.51. The van der Waals surface area contributed by atoms with E-state index in [-0.39, 0.29) is 10.7 Å². The zero-order valence-corrected chi connectivity index (χ0v) is 14.4. The van der Waals surface area contributed by atoms with E-state index in [9.17, 15) is 18.0 Å². The summed E-state index contributed by atoms with van der Waals surface area (Å²) in [4.78, 5) is 12.3. The largest absolute Gasteiger partial charge is 0.481 e. The second-order valence-electron chi connectivity index (χ2n) is 5.50. The summed E-state index contributed by atoms with van der Waals surface area (Å²) in [7, 11) is 0. The number of amides is 1. The highest BCUT2D eigenvalue weighted by atomic mass is 35.5. The molecule has 0 aliphatic rings. The van der Waals surface area contributed by atoms with Crippen LogP contribution in [0.1, 0.15) is 24.5 Å². The first kappa shape index (κ1) is 19.1. The van der Waals surface area contributed by atoms with Gasteiger partial charge in [-0.2, -0.15) is 13.2 Å². The first-order valence-corrected chi connectivity index (χ1v) is 7.99. The zero-order valence-electron chi connectivity index (χ0n) is 13.7. The fraction of sp³-hybridized carbons (Fsp3) is 0.278. The number of benzene rings is 2. The van der Waals surface area contributed by atoms with Crippen LogP contribution in [-0.2, 0) is 11.0 Å². The van der Waals surface area contributed by atoms with Crippen LogP contribution in [0.25, 0.3) is 0 Å². The molecule has 2 aromatic carbocycles. The van der Waals surface area contributed by atoms with Gasteiger partial charge in [-0.3, -0.25) is 4.79 Å². The fourth-order valence-corrected chi connectivity index (χ4v) is 2.35. The summed E-state index contributed by atoms with van der Waals surface area (Å²) in [5.74, 6) is -0.185. The molecule has 1 amide bonds. The highest BCUT2D eigenvalue weighted by molar-refractivity contribution is 6.30. The van der Waals surface area contributed by atoms with Crippen molar-refractivity contribution in [2.75, 3.05) is 5.32 Å². The van der Waals surface area contributed by atoms with Crippen LogP contribution in [0.5, 0.6) is 5.75 Å². The lowest BCUT2D eigenvalue weighted by molar-refractivity contribution is -0.137. The van der Waals surface area contributed by atoms with Crippen molar-refractivity contribution in [1.29, 1.82) is 0 Å². The zero-order chi connectivity index (χ0) is 18.6. The van der Waals surface area contributed by atoms with E-state index < -0.39 is 23.8 Å². The number of halogens is 4. The van der Waals surface area contributed by atoms with E-state index in [2.05, 4.69) is 5.32 Å². The van der Waals surface area contributed by atoms with Gasteiger partial charge in [0.2, 0.25) is 0 Å². The van der Waals surface area contributed by atoms with Gasteiger partial charge in [-0.25, -0.2) is 0 Å². The number of carbonyl (C=O) groups excluding carboxylic acids is 1. The molecule has 0 heterocycles. The average Bonchev–Trinajstić information content (AvgIpc) is 2.55. The van der Waals surface area contributed by atoms with Crippen LogP contribution in [0.3, 0.4) is 0 Å². The van der Waals surface area contributed by atoms with Crippen LogP contribution in [0, 0.1) is 6.92 Å². The standard InChI is InChI=1S/C18H17ClF3NO2/c1-3-16(25-13-7-4-11(2)5-8-13)17(24)23-15-9-6-12(19)10-14(15)18(20,21)22/h4-10,16H,3H2,1-2H3,(H,23,24)/t16-/m0/s1. The normalized spacial score (nSPS) is 12.6. The van der Waals surface area contributed by atoms with Crippen molar-refractivity contribution in [2.24, 2.45) is 0 Å². The topological polar surface area (TPSA) is 38.3 Å². The molecule has 1 N–H and O–H groups in total. The van der Waals surface area contributed by atoms with Crippen molar-refractivity contribution in [2.45, 2.75) is 32.5 Å². The number of alkyl halides is 3. The molecule has 0 spiro atoms. The van der Waals surface area contributed by atoms with Gasteiger partial charge in [0.25, 0.3) is 5.91 Å². The smallest absolute Gasteiger partial charge is 0.418 e. The first-order valence-electron chi connectivity index (χ1n) is 7.61. The summed E-state index contributed by atoms with van der Waals surface area (Å²) in [6, 6.07) is 10.2. The van der Waals surface area contributed by atoms with Crippen molar-refractivity contribution in [1.82, 2.24) is 0 Å². The van der Waals surface area contributed by atoms with E-state index in [1.165, 1.54) is 6.07 Å².